The summed E-state index contributed by atoms with van der Waals surface area (Å²) < 4.78 is 11.5. The summed E-state index contributed by atoms with van der Waals surface area (Å²) in [6, 6.07) is 0. The van der Waals surface area contributed by atoms with Gasteiger partial charge in [0.05, 0.1) is 6.61 Å². The van der Waals surface area contributed by atoms with Gasteiger partial charge in [0.15, 0.2) is 7.09 Å². The van der Waals surface area contributed by atoms with Gasteiger partial charge in [0.25, 0.3) is 0 Å². The molecule has 4 heteroatoms. The van der Waals surface area contributed by atoms with Gasteiger partial charge in [-0.25, -0.2) is 16.4 Å². The van der Waals surface area contributed by atoms with Crippen LogP contribution >= 0.6 is 11.6 Å². The Balaban J connectivity index is 3.84. The normalized spacial score (nSPS) is 12.8. The monoisotopic (exact) mass is 199 g/mol. The second-order valence-electron chi connectivity index (χ2n) is 2.37. The van der Waals surface area contributed by atoms with Crippen LogP contribution in [0.5, 0.6) is 0 Å². The van der Waals surface area contributed by atoms with Crippen molar-refractivity contribution in [1.82, 2.24) is 0 Å². The van der Waals surface area contributed by atoms with E-state index in [1.54, 1.807) is 13.0 Å². The van der Waals surface area contributed by atoms with Crippen LogP contribution in [0.2, 0.25) is 0 Å². The highest BCUT2D eigenvalue weighted by Crippen LogP contribution is 1.99. The quantitative estimate of drug-likeness (QED) is 0.214. The van der Waals surface area contributed by atoms with Crippen molar-refractivity contribution in [2.75, 3.05) is 12.4 Å². The molecule has 0 aliphatic rings. The van der Waals surface area contributed by atoms with Crippen molar-refractivity contribution in [3.63, 3.8) is 0 Å². The Morgan fingerprint density at radius 1 is 1.69 bits per heavy atom. The zero-order chi connectivity index (χ0) is 10.8. The van der Waals surface area contributed by atoms with Crippen molar-refractivity contribution in [2.24, 2.45) is 0 Å². The molecule has 0 aliphatic carbocycles. The third kappa shape index (κ3) is 7.72. The van der Waals surface area contributed by atoms with Gasteiger partial charge in [-0.15, -0.1) is 0 Å². The fraction of sp³-hybridized carbons (Fsp3) is 0.444. The number of esters is 1. The molecule has 2 nitrogen and oxygen atoms in total. The van der Waals surface area contributed by atoms with Crippen LogP contribution in [-0.2, 0) is 9.53 Å². The lowest BCUT2D eigenvalue weighted by Crippen LogP contribution is -1.98. The highest BCUT2D eigenvalue weighted by Gasteiger charge is 1.92. The average molecular weight is 199 g/mol. The first-order chi connectivity index (χ1) is 6.70. The molecule has 0 amide bonds. The van der Waals surface area contributed by atoms with Crippen molar-refractivity contribution in [2.45, 2.75) is 13.8 Å². The number of carbonyl (C=O) groups excluding carboxylic acids is 1. The van der Waals surface area contributed by atoms with Gasteiger partial charge >= 0.3 is 5.97 Å². The molecular formula is C9H14BO2S. The Labute approximate surface area is 86.1 Å². The molecule has 0 fully saturated rings. The fourth-order valence-electron chi connectivity index (χ4n) is 0.637. The van der Waals surface area contributed by atoms with E-state index in [4.69, 9.17) is 6.07 Å². The third-order valence-electron chi connectivity index (χ3n) is 1.27. The molecule has 0 rings (SSSR count). The topological polar surface area (TPSA) is 26.3 Å². The number of rotatable bonds is 6. The van der Waals surface area contributed by atoms with E-state index in [-0.39, 0.29) is 5.97 Å². The first-order valence-corrected chi connectivity index (χ1v) is 5.08. The van der Waals surface area contributed by atoms with E-state index in [1.165, 1.54) is 24.8 Å². The number of hydrogen-bond donors (Lipinski definition) is 0. The summed E-state index contributed by atoms with van der Waals surface area (Å²) in [5.41, 5.74) is 0.993. The Morgan fingerprint density at radius 3 is 3.08 bits per heavy atom. The molecule has 0 aromatic rings. The molecule has 0 aromatic carbocycles. The van der Waals surface area contributed by atoms with Crippen molar-refractivity contribution < 1.29 is 9.53 Å². The summed E-state index contributed by atoms with van der Waals surface area (Å²) >= 11 is 1.40. The molecule has 0 saturated heterocycles. The molecule has 0 unspecified atom stereocenters. The van der Waals surface area contributed by atoms with Gasteiger partial charge in [-0.1, -0.05) is 17.7 Å². The lowest BCUT2D eigenvalue weighted by atomic mass is 10.3. The van der Waals surface area contributed by atoms with Crippen LogP contribution in [0.1, 0.15) is 13.8 Å². The second kappa shape index (κ2) is 7.99. The van der Waals surface area contributed by atoms with E-state index in [0.29, 0.717) is 6.61 Å². The highest BCUT2D eigenvalue weighted by molar-refractivity contribution is 8.19. The van der Waals surface area contributed by atoms with Gasteiger partial charge in [-0.2, -0.15) is 0 Å². The van der Waals surface area contributed by atoms with Gasteiger partial charge in [-0.05, 0) is 15.2 Å². The summed E-state index contributed by atoms with van der Waals surface area (Å²) in [6.45, 7) is 4.07. The molecule has 0 spiro atoms. The van der Waals surface area contributed by atoms with E-state index in [2.05, 4.69) is 0 Å². The van der Waals surface area contributed by atoms with E-state index in [0.717, 1.165) is 11.3 Å². The SMILES string of the molecule is [3H][B]SC/C=C(C)/C=C/C(=O)OCC. The van der Waals surface area contributed by atoms with Crippen LogP contribution in [0.25, 0.3) is 0 Å². The summed E-state index contributed by atoms with van der Waals surface area (Å²) in [7, 11) is 1.29. The number of ether oxygens (including phenoxy) is 1. The Kier molecular flexibility index (Phi) is 6.42. The van der Waals surface area contributed by atoms with E-state index in [1.807, 2.05) is 13.0 Å². The predicted molar refractivity (Wildman–Crippen MR) is 59.1 cm³/mol. The summed E-state index contributed by atoms with van der Waals surface area (Å²) in [5, 5.41) is 0. The Bertz CT molecular complexity index is 229. The maximum absolute atomic E-state index is 10.9. The molecule has 1 radical (unpaired) electrons. The number of hydrogen-bond acceptors (Lipinski definition) is 3. The zero-order valence-electron chi connectivity index (χ0n) is 8.95. The smallest absolute Gasteiger partial charge is 0.330 e. The fourth-order valence-corrected chi connectivity index (χ4v) is 0.997. The minimum absolute atomic E-state index is 0.319. The van der Waals surface area contributed by atoms with Crippen LogP contribution in [-0.4, -0.2) is 26.8 Å². The standard InChI is InChI=1S/C9H14BO2S/c1-3-12-9(11)5-4-8(2)6-7-13-10/h4-6,10H,3,7H2,1-2H3/b5-4+,8-6+/i10T. The molecule has 0 aromatic heterocycles. The van der Waals surface area contributed by atoms with Gasteiger partial charge in [-0.3, -0.25) is 0 Å². The Morgan fingerprint density at radius 2 is 2.46 bits per heavy atom. The average Bonchev–Trinajstić information content (AvgIpc) is 2.16. The lowest BCUT2D eigenvalue weighted by molar-refractivity contribution is -0.137. The largest absolute Gasteiger partial charge is 0.463 e. The summed E-state index contributed by atoms with van der Waals surface area (Å²) in [4.78, 5) is 10.9. The molecular weight excluding hydrogens is 183 g/mol. The van der Waals surface area contributed by atoms with Crippen molar-refractivity contribution in [3.8, 4) is 0 Å². The van der Waals surface area contributed by atoms with Crippen molar-refractivity contribution >= 4 is 24.7 Å². The third-order valence-corrected chi connectivity index (χ3v) is 1.63. The van der Waals surface area contributed by atoms with E-state index < -0.39 is 0 Å². The second-order valence-corrected chi connectivity index (χ2v) is 3.03. The van der Waals surface area contributed by atoms with Crippen LogP contribution in [0.4, 0.5) is 0 Å². The van der Waals surface area contributed by atoms with Gasteiger partial charge in [0.1, 0.15) is 0 Å². The van der Waals surface area contributed by atoms with Gasteiger partial charge in [0, 0.05) is 11.8 Å². The maximum Gasteiger partial charge on any atom is 0.330 e. The lowest BCUT2D eigenvalue weighted by Gasteiger charge is -1.95. The Hall–Kier alpha value is -0.635. The first-order valence-electron chi connectivity index (χ1n) is 4.61. The summed E-state index contributed by atoms with van der Waals surface area (Å²) in [5.74, 6) is 0.433. The molecule has 13 heavy (non-hydrogen) atoms. The molecule has 0 N–H and O–H groups in total. The minimum atomic E-state index is -0.319. The minimum Gasteiger partial charge on any atom is -0.463 e. The van der Waals surface area contributed by atoms with Gasteiger partial charge < -0.3 is 4.74 Å². The zero-order valence-corrected chi connectivity index (χ0v) is 8.76. The van der Waals surface area contributed by atoms with Crippen molar-refractivity contribution in [1.29, 1.82) is 1.34 Å². The van der Waals surface area contributed by atoms with E-state index >= 15 is 0 Å². The molecule has 0 saturated carbocycles. The number of allylic oxidation sites excluding steroid dienone is 2. The van der Waals surface area contributed by atoms with Crippen LogP contribution < -0.4 is 0 Å². The van der Waals surface area contributed by atoms with Crippen molar-refractivity contribution in [3.05, 3.63) is 23.8 Å². The highest BCUT2D eigenvalue weighted by atomic mass is 32.2. The van der Waals surface area contributed by atoms with Crippen LogP contribution in [0.15, 0.2) is 23.8 Å². The molecule has 71 valence electrons. The maximum atomic E-state index is 10.9. The molecule has 0 aliphatic heterocycles. The molecule has 0 heterocycles. The van der Waals surface area contributed by atoms with Gasteiger partial charge in [0.2, 0.25) is 0 Å². The van der Waals surface area contributed by atoms with Crippen LogP contribution in [0, 0.1) is 0 Å². The molecule has 0 bridgehead atoms. The number of carbonyl (C=O) groups is 1. The predicted octanol–water partition coefficient (Wildman–Crippen LogP) is 1.60. The molecule has 0 atom stereocenters. The van der Waals surface area contributed by atoms with E-state index in [9.17, 15) is 4.79 Å². The van der Waals surface area contributed by atoms with Crippen LogP contribution in [0.3, 0.4) is 0 Å². The summed E-state index contributed by atoms with van der Waals surface area (Å²) in [6.07, 6.45) is 5.07. The first kappa shape index (κ1) is 10.4.